The molecule has 7 heteroatoms. The fourth-order valence-electron chi connectivity index (χ4n) is 2.54. The summed E-state index contributed by atoms with van der Waals surface area (Å²) >= 11 is 5.89. The molecule has 0 spiro atoms. The molecule has 0 fully saturated rings. The molecule has 0 bridgehead atoms. The second kappa shape index (κ2) is 7.44. The van der Waals surface area contributed by atoms with E-state index >= 15 is 0 Å². The third-order valence-corrected chi connectivity index (χ3v) is 3.94. The summed E-state index contributed by atoms with van der Waals surface area (Å²) in [7, 11) is 0. The number of carboxylic acid groups (broad SMARTS) is 1. The van der Waals surface area contributed by atoms with Crippen LogP contribution in [0.15, 0.2) is 18.2 Å². The van der Waals surface area contributed by atoms with E-state index in [-0.39, 0.29) is 22.2 Å². The molecular weight excluding hydrogens is 346 g/mol. The van der Waals surface area contributed by atoms with Crippen molar-refractivity contribution in [1.82, 2.24) is 4.98 Å². The van der Waals surface area contributed by atoms with Crippen molar-refractivity contribution < 1.29 is 24.5 Å². The van der Waals surface area contributed by atoms with Gasteiger partial charge in [0.25, 0.3) is 0 Å². The monoisotopic (exact) mass is 362 g/mol. The average Bonchev–Trinajstić information content (AvgIpc) is 2.85. The molecule has 1 aromatic heterocycles. The normalized spacial score (nSPS) is 11.0. The third-order valence-electron chi connectivity index (χ3n) is 3.66. The molecule has 0 saturated heterocycles. The third kappa shape index (κ3) is 3.85. The number of halogens is 1. The topological polar surface area (TPSA) is 102 Å². The Hall–Kier alpha value is -2.73. The van der Waals surface area contributed by atoms with Crippen LogP contribution >= 0.6 is 11.6 Å². The highest BCUT2D eigenvalue weighted by atomic mass is 35.5. The van der Waals surface area contributed by atoms with Crippen LogP contribution in [0.5, 0.6) is 11.5 Å². The van der Waals surface area contributed by atoms with Gasteiger partial charge in [0.15, 0.2) is 5.78 Å². The van der Waals surface area contributed by atoms with Crippen LogP contribution in [0.3, 0.4) is 0 Å². The minimum atomic E-state index is -1.12. The average molecular weight is 363 g/mol. The van der Waals surface area contributed by atoms with Gasteiger partial charge < -0.3 is 19.9 Å². The minimum absolute atomic E-state index is 0.000202. The van der Waals surface area contributed by atoms with E-state index < -0.39 is 11.7 Å². The van der Waals surface area contributed by atoms with Gasteiger partial charge >= 0.3 is 5.97 Å². The molecule has 0 aliphatic carbocycles. The van der Waals surface area contributed by atoms with Crippen LogP contribution in [0.25, 0.3) is 6.08 Å². The number of ketones is 1. The molecule has 0 atom stereocenters. The summed E-state index contributed by atoms with van der Waals surface area (Å²) < 4.78 is 5.23. The molecule has 132 valence electrons. The Morgan fingerprint density at radius 2 is 2.04 bits per heavy atom. The first kappa shape index (κ1) is 18.6. The van der Waals surface area contributed by atoms with Gasteiger partial charge in [-0.15, -0.1) is 0 Å². The highest BCUT2D eigenvalue weighted by Crippen LogP contribution is 2.33. The number of hydrogen-bond donors (Lipinski definition) is 2. The Bertz CT molecular complexity index is 867. The summed E-state index contributed by atoms with van der Waals surface area (Å²) in [6.07, 6.45) is 2.81. The minimum Gasteiger partial charge on any atom is -0.869 e. The van der Waals surface area contributed by atoms with Crippen LogP contribution in [-0.4, -0.2) is 28.4 Å². The molecule has 0 unspecified atom stereocenters. The van der Waals surface area contributed by atoms with Crippen molar-refractivity contribution >= 4 is 29.4 Å². The lowest BCUT2D eigenvalue weighted by molar-refractivity contribution is -0.270. The second-order valence-corrected chi connectivity index (χ2v) is 5.80. The predicted octanol–water partition coefficient (Wildman–Crippen LogP) is 3.35. The number of hydrogen-bond acceptors (Lipinski definition) is 4. The molecule has 0 amide bonds. The number of aromatic nitrogens is 1. The zero-order chi connectivity index (χ0) is 18.7. The van der Waals surface area contributed by atoms with Crippen LogP contribution in [0.1, 0.15) is 44.6 Å². The van der Waals surface area contributed by atoms with E-state index in [0.29, 0.717) is 29.0 Å². The largest absolute Gasteiger partial charge is 0.869 e. The Labute approximate surface area is 149 Å². The number of nitrogens with one attached hydrogen (secondary N) is 1. The number of ether oxygens (including phenoxy) is 1. The first-order valence-corrected chi connectivity index (χ1v) is 7.92. The lowest BCUT2D eigenvalue weighted by Gasteiger charge is -2.16. The zero-order valence-electron chi connectivity index (χ0n) is 14.0. The van der Waals surface area contributed by atoms with E-state index in [9.17, 15) is 14.7 Å². The van der Waals surface area contributed by atoms with E-state index in [1.54, 1.807) is 20.8 Å². The van der Waals surface area contributed by atoms with Gasteiger partial charge in [0, 0.05) is 16.3 Å². The molecule has 1 aromatic carbocycles. The number of allylic oxidation sites excluding steroid dienone is 1. The molecule has 2 rings (SSSR count). The van der Waals surface area contributed by atoms with Gasteiger partial charge in [-0.3, -0.25) is 4.79 Å². The van der Waals surface area contributed by atoms with Gasteiger partial charge in [0.1, 0.15) is 11.4 Å². The summed E-state index contributed by atoms with van der Waals surface area (Å²) in [6.45, 7) is 5.27. The van der Waals surface area contributed by atoms with Crippen LogP contribution < -0.4 is 9.84 Å². The van der Waals surface area contributed by atoms with E-state index in [4.69, 9.17) is 21.4 Å². The van der Waals surface area contributed by atoms with Crippen molar-refractivity contribution in [1.29, 1.82) is 0 Å². The molecule has 0 aliphatic heterocycles. The number of aromatic amines is 1. The molecule has 25 heavy (non-hydrogen) atoms. The zero-order valence-corrected chi connectivity index (χ0v) is 14.7. The second-order valence-electron chi connectivity index (χ2n) is 5.39. The van der Waals surface area contributed by atoms with Crippen LogP contribution in [0.2, 0.25) is 5.02 Å². The highest BCUT2D eigenvalue weighted by molar-refractivity contribution is 6.32. The predicted molar refractivity (Wildman–Crippen MR) is 92.7 cm³/mol. The number of carbonyl (C=O) groups is 2. The fraction of sp³-hybridized carbons (Fsp3) is 0.222. The van der Waals surface area contributed by atoms with E-state index in [0.717, 1.165) is 0 Å². The number of H-pyrrole nitrogens is 1. The maximum atomic E-state index is 12.4. The molecule has 2 aromatic rings. The van der Waals surface area contributed by atoms with Gasteiger partial charge in [-0.2, -0.15) is 0 Å². The molecule has 0 aliphatic rings. The lowest BCUT2D eigenvalue weighted by atomic mass is 10.0. The summed E-state index contributed by atoms with van der Waals surface area (Å²) in [5.41, 5.74) is 1.69. The van der Waals surface area contributed by atoms with Crippen molar-refractivity contribution in [3.05, 3.63) is 51.3 Å². The SMILES string of the molecule is CCOc1cc(/C=C/C(=O)c2c(C)[nH]c(C(=O)O)c2C)cc(Cl)c1[O-]. The quantitative estimate of drug-likeness (QED) is 0.606. The van der Waals surface area contributed by atoms with Crippen molar-refractivity contribution in [3.8, 4) is 11.5 Å². The Morgan fingerprint density at radius 3 is 2.60 bits per heavy atom. The fourth-order valence-corrected chi connectivity index (χ4v) is 2.75. The smallest absolute Gasteiger partial charge is 0.352 e. The van der Waals surface area contributed by atoms with Gasteiger partial charge in [-0.1, -0.05) is 17.7 Å². The van der Waals surface area contributed by atoms with Crippen molar-refractivity contribution in [3.63, 3.8) is 0 Å². The van der Waals surface area contributed by atoms with Crippen LogP contribution in [0, 0.1) is 13.8 Å². The summed E-state index contributed by atoms with van der Waals surface area (Å²) in [4.78, 5) is 26.3. The maximum Gasteiger partial charge on any atom is 0.352 e. The Morgan fingerprint density at radius 1 is 1.36 bits per heavy atom. The molecular formula is C18H17ClNO5-. The molecule has 2 N–H and O–H groups in total. The standard InChI is InChI=1S/C18H18ClNO5/c1-4-25-14-8-11(7-12(19)17(14)22)5-6-13(21)15-9(2)16(18(23)24)20-10(15)3/h5-8,20,22H,4H2,1-3H3,(H,23,24)/p-1/b6-5+. The number of carbonyl (C=O) groups excluding carboxylic acids is 1. The number of aromatic carboxylic acids is 1. The van der Waals surface area contributed by atoms with Crippen LogP contribution in [0.4, 0.5) is 0 Å². The molecule has 6 nitrogen and oxygen atoms in total. The Balaban J connectivity index is 2.34. The van der Waals surface area contributed by atoms with Crippen molar-refractivity contribution in [2.75, 3.05) is 6.61 Å². The maximum absolute atomic E-state index is 12.4. The van der Waals surface area contributed by atoms with Gasteiger partial charge in [0.05, 0.1) is 6.61 Å². The number of benzene rings is 1. The van der Waals surface area contributed by atoms with Crippen LogP contribution in [-0.2, 0) is 0 Å². The van der Waals surface area contributed by atoms with Gasteiger partial charge in [-0.05, 0) is 55.9 Å². The van der Waals surface area contributed by atoms with Crippen molar-refractivity contribution in [2.24, 2.45) is 0 Å². The van der Waals surface area contributed by atoms with Gasteiger partial charge in [-0.25, -0.2) is 4.79 Å². The number of rotatable bonds is 6. The van der Waals surface area contributed by atoms with E-state index in [1.165, 1.54) is 24.3 Å². The summed E-state index contributed by atoms with van der Waals surface area (Å²) in [6, 6.07) is 2.94. The number of aryl methyl sites for hydroxylation is 1. The van der Waals surface area contributed by atoms with E-state index in [1.807, 2.05) is 0 Å². The van der Waals surface area contributed by atoms with E-state index in [2.05, 4.69) is 4.98 Å². The first-order chi connectivity index (χ1) is 11.8. The Kier molecular flexibility index (Phi) is 5.54. The van der Waals surface area contributed by atoms with Crippen molar-refractivity contribution in [2.45, 2.75) is 20.8 Å². The summed E-state index contributed by atoms with van der Waals surface area (Å²) in [5, 5.41) is 20.9. The number of carboxylic acids is 1. The molecule has 0 saturated carbocycles. The summed E-state index contributed by atoms with van der Waals surface area (Å²) in [5.74, 6) is -1.76. The highest BCUT2D eigenvalue weighted by Gasteiger charge is 2.20. The molecule has 1 heterocycles. The lowest BCUT2D eigenvalue weighted by Crippen LogP contribution is -2.01. The molecule has 0 radical (unpaired) electrons. The van der Waals surface area contributed by atoms with Gasteiger partial charge in [0.2, 0.25) is 0 Å². The first-order valence-electron chi connectivity index (χ1n) is 7.54.